The molecule has 18 heavy (non-hydrogen) atoms. The third kappa shape index (κ3) is 3.29. The fourth-order valence-electron chi connectivity index (χ4n) is 1.77. The summed E-state index contributed by atoms with van der Waals surface area (Å²) >= 11 is 0. The molecule has 1 fully saturated rings. The molecule has 2 rings (SSSR count). The van der Waals surface area contributed by atoms with Gasteiger partial charge in [0, 0.05) is 12.1 Å². The van der Waals surface area contributed by atoms with Crippen LogP contribution in [0.1, 0.15) is 23.2 Å². The Morgan fingerprint density at radius 1 is 1.28 bits per heavy atom. The summed E-state index contributed by atoms with van der Waals surface area (Å²) in [5.74, 6) is -1.40. The highest BCUT2D eigenvalue weighted by atomic mass is 19.1. The zero-order chi connectivity index (χ0) is 13.1. The number of carbonyl (C=O) groups excluding carboxylic acids is 1. The third-order valence-corrected chi connectivity index (χ3v) is 2.88. The van der Waals surface area contributed by atoms with Crippen molar-refractivity contribution in [3.8, 4) is 0 Å². The van der Waals surface area contributed by atoms with Crippen molar-refractivity contribution < 1.29 is 19.1 Å². The number of aliphatic carboxylic acids is 1. The average molecular weight is 251 g/mol. The molecule has 0 saturated heterocycles. The van der Waals surface area contributed by atoms with Crippen LogP contribution in [-0.2, 0) is 4.79 Å². The minimum absolute atomic E-state index is 0.313. The minimum atomic E-state index is -1.04. The number of hydrogen-bond donors (Lipinski definition) is 1. The number of rotatable bonds is 5. The van der Waals surface area contributed by atoms with Crippen LogP contribution in [0.3, 0.4) is 0 Å². The van der Waals surface area contributed by atoms with E-state index in [-0.39, 0.29) is 12.5 Å². The molecule has 1 aromatic rings. The van der Waals surface area contributed by atoms with E-state index in [9.17, 15) is 14.0 Å². The molecule has 0 bridgehead atoms. The van der Waals surface area contributed by atoms with Crippen molar-refractivity contribution in [1.29, 1.82) is 0 Å². The number of halogens is 1. The van der Waals surface area contributed by atoms with Gasteiger partial charge in [-0.2, -0.15) is 0 Å². The van der Waals surface area contributed by atoms with Gasteiger partial charge in [-0.05, 0) is 43.0 Å². The maximum Gasteiger partial charge on any atom is 0.323 e. The molecule has 4 nitrogen and oxygen atoms in total. The summed E-state index contributed by atoms with van der Waals surface area (Å²) < 4.78 is 12.8. The summed E-state index contributed by atoms with van der Waals surface area (Å²) in [5, 5.41) is 8.80. The van der Waals surface area contributed by atoms with Gasteiger partial charge in [0.25, 0.3) is 5.91 Å². The van der Waals surface area contributed by atoms with Gasteiger partial charge in [-0.15, -0.1) is 0 Å². The summed E-state index contributed by atoms with van der Waals surface area (Å²) in [4.78, 5) is 24.2. The van der Waals surface area contributed by atoms with E-state index >= 15 is 0 Å². The standard InChI is InChI=1S/C13H14FNO3/c14-11-5-3-10(4-6-11)13(18)15(8-12(16)17)7-9-1-2-9/h3-6,9H,1-2,7-8H2,(H,16,17). The van der Waals surface area contributed by atoms with Crippen LogP contribution in [0.4, 0.5) is 4.39 Å². The van der Waals surface area contributed by atoms with Crippen LogP contribution in [0.5, 0.6) is 0 Å². The summed E-state index contributed by atoms with van der Waals surface area (Å²) in [6, 6.07) is 5.14. The number of hydrogen-bond acceptors (Lipinski definition) is 2. The predicted octanol–water partition coefficient (Wildman–Crippen LogP) is 1.76. The van der Waals surface area contributed by atoms with E-state index in [0.29, 0.717) is 18.0 Å². The monoisotopic (exact) mass is 251 g/mol. The second kappa shape index (κ2) is 5.16. The number of nitrogens with zero attached hydrogens (tertiary/aromatic N) is 1. The van der Waals surface area contributed by atoms with Crippen LogP contribution in [-0.4, -0.2) is 35.0 Å². The lowest BCUT2D eigenvalue weighted by atomic mass is 10.2. The van der Waals surface area contributed by atoms with Crippen molar-refractivity contribution in [2.24, 2.45) is 5.92 Å². The molecule has 5 heteroatoms. The molecule has 96 valence electrons. The molecule has 1 amide bonds. The van der Waals surface area contributed by atoms with Crippen LogP contribution in [0.2, 0.25) is 0 Å². The number of carboxylic acids is 1. The smallest absolute Gasteiger partial charge is 0.323 e. The lowest BCUT2D eigenvalue weighted by molar-refractivity contribution is -0.137. The van der Waals surface area contributed by atoms with E-state index in [1.165, 1.54) is 29.2 Å². The van der Waals surface area contributed by atoms with Gasteiger partial charge < -0.3 is 10.0 Å². The number of carboxylic acid groups (broad SMARTS) is 1. The van der Waals surface area contributed by atoms with E-state index in [2.05, 4.69) is 0 Å². The fourth-order valence-corrected chi connectivity index (χ4v) is 1.77. The van der Waals surface area contributed by atoms with Crippen molar-refractivity contribution >= 4 is 11.9 Å². The van der Waals surface area contributed by atoms with Crippen molar-refractivity contribution in [1.82, 2.24) is 4.90 Å². The molecular weight excluding hydrogens is 237 g/mol. The van der Waals surface area contributed by atoms with E-state index in [0.717, 1.165) is 12.8 Å². The van der Waals surface area contributed by atoms with Gasteiger partial charge in [0.15, 0.2) is 0 Å². The average Bonchev–Trinajstić information content (AvgIpc) is 3.12. The quantitative estimate of drug-likeness (QED) is 0.867. The lowest BCUT2D eigenvalue weighted by Crippen LogP contribution is -2.37. The second-order valence-electron chi connectivity index (χ2n) is 4.53. The highest BCUT2D eigenvalue weighted by Crippen LogP contribution is 2.30. The molecule has 1 aliphatic rings. The Bertz CT molecular complexity index is 454. The Labute approximate surface area is 104 Å². The Hall–Kier alpha value is -1.91. The largest absolute Gasteiger partial charge is 0.480 e. The molecular formula is C13H14FNO3. The van der Waals surface area contributed by atoms with Crippen LogP contribution in [0.15, 0.2) is 24.3 Å². The van der Waals surface area contributed by atoms with E-state index in [1.807, 2.05) is 0 Å². The number of benzene rings is 1. The second-order valence-corrected chi connectivity index (χ2v) is 4.53. The first-order chi connectivity index (χ1) is 8.56. The van der Waals surface area contributed by atoms with Gasteiger partial charge >= 0.3 is 5.97 Å². The van der Waals surface area contributed by atoms with E-state index in [1.54, 1.807) is 0 Å². The van der Waals surface area contributed by atoms with Gasteiger partial charge in [-0.1, -0.05) is 0 Å². The molecule has 0 atom stereocenters. The zero-order valence-corrected chi connectivity index (χ0v) is 9.80. The van der Waals surface area contributed by atoms with Gasteiger partial charge in [0.2, 0.25) is 0 Å². The Balaban J connectivity index is 2.10. The molecule has 0 unspecified atom stereocenters. The molecule has 1 saturated carbocycles. The predicted molar refractivity (Wildman–Crippen MR) is 62.7 cm³/mol. The van der Waals surface area contributed by atoms with Crippen molar-refractivity contribution in [2.45, 2.75) is 12.8 Å². The third-order valence-electron chi connectivity index (χ3n) is 2.88. The molecule has 1 aromatic carbocycles. The van der Waals surface area contributed by atoms with Gasteiger partial charge in [-0.25, -0.2) is 4.39 Å². The first-order valence-corrected chi connectivity index (χ1v) is 5.83. The highest BCUT2D eigenvalue weighted by Gasteiger charge is 2.28. The SMILES string of the molecule is O=C(O)CN(CC1CC1)C(=O)c1ccc(F)cc1. The Morgan fingerprint density at radius 2 is 1.89 bits per heavy atom. The van der Waals surface area contributed by atoms with Crippen LogP contribution >= 0.6 is 0 Å². The fraction of sp³-hybridized carbons (Fsp3) is 0.385. The maximum atomic E-state index is 12.8. The van der Waals surface area contributed by atoms with Crippen LogP contribution in [0, 0.1) is 11.7 Å². The molecule has 0 heterocycles. The zero-order valence-electron chi connectivity index (χ0n) is 9.80. The summed E-state index contributed by atoms with van der Waals surface area (Å²) in [6.07, 6.45) is 2.07. The minimum Gasteiger partial charge on any atom is -0.480 e. The van der Waals surface area contributed by atoms with E-state index in [4.69, 9.17) is 5.11 Å². The molecule has 0 aliphatic heterocycles. The number of carbonyl (C=O) groups is 2. The lowest BCUT2D eigenvalue weighted by Gasteiger charge is -2.20. The molecule has 0 aromatic heterocycles. The van der Waals surface area contributed by atoms with Gasteiger partial charge in [-0.3, -0.25) is 9.59 Å². The van der Waals surface area contributed by atoms with Crippen molar-refractivity contribution in [2.75, 3.05) is 13.1 Å². The first-order valence-electron chi connectivity index (χ1n) is 5.83. The van der Waals surface area contributed by atoms with Crippen LogP contribution < -0.4 is 0 Å². The van der Waals surface area contributed by atoms with Crippen molar-refractivity contribution in [3.05, 3.63) is 35.6 Å². The van der Waals surface area contributed by atoms with Crippen molar-refractivity contribution in [3.63, 3.8) is 0 Å². The Morgan fingerprint density at radius 3 is 2.39 bits per heavy atom. The molecule has 1 aliphatic carbocycles. The first kappa shape index (κ1) is 12.5. The molecule has 1 N–H and O–H groups in total. The topological polar surface area (TPSA) is 57.6 Å². The van der Waals surface area contributed by atoms with Crippen LogP contribution in [0.25, 0.3) is 0 Å². The summed E-state index contributed by atoms with van der Waals surface area (Å²) in [5.41, 5.74) is 0.318. The molecule has 0 spiro atoms. The Kier molecular flexibility index (Phi) is 3.60. The van der Waals surface area contributed by atoms with Gasteiger partial charge in [0.1, 0.15) is 12.4 Å². The maximum absolute atomic E-state index is 12.8. The summed E-state index contributed by atoms with van der Waals surface area (Å²) in [7, 11) is 0. The number of amides is 1. The van der Waals surface area contributed by atoms with E-state index < -0.39 is 11.8 Å². The normalized spacial score (nSPS) is 14.3. The van der Waals surface area contributed by atoms with Gasteiger partial charge in [0.05, 0.1) is 0 Å². The molecule has 0 radical (unpaired) electrons. The highest BCUT2D eigenvalue weighted by molar-refractivity contribution is 5.95. The summed E-state index contributed by atoms with van der Waals surface area (Å²) in [6.45, 7) is 0.148.